The van der Waals surface area contributed by atoms with Gasteiger partial charge in [0.25, 0.3) is 0 Å². The molecule has 1 aliphatic rings. The van der Waals surface area contributed by atoms with Crippen molar-refractivity contribution in [1.29, 1.82) is 0 Å². The zero-order valence-electron chi connectivity index (χ0n) is 11.0. The van der Waals surface area contributed by atoms with Crippen molar-refractivity contribution < 1.29 is 8.91 Å². The number of halogens is 1. The van der Waals surface area contributed by atoms with Crippen LogP contribution in [0.2, 0.25) is 0 Å². The molecular formula is C14H16FN3OS. The molecule has 0 saturated heterocycles. The standard InChI is InChI=1S/C14H16FN3OS/c15-10-2-1-3-12(8-10)20-9-13-17-14(19-18-13)6-7-16-11-4-5-11/h1-3,8,11,16H,4-7,9H2. The number of rotatable bonds is 7. The second-order valence-corrected chi connectivity index (χ2v) is 5.88. The van der Waals surface area contributed by atoms with Gasteiger partial charge in [0.15, 0.2) is 5.82 Å². The first-order chi connectivity index (χ1) is 9.79. The van der Waals surface area contributed by atoms with E-state index in [0.717, 1.165) is 17.9 Å². The highest BCUT2D eigenvalue weighted by molar-refractivity contribution is 7.98. The maximum atomic E-state index is 13.0. The van der Waals surface area contributed by atoms with Crippen LogP contribution in [0.3, 0.4) is 0 Å². The summed E-state index contributed by atoms with van der Waals surface area (Å²) in [7, 11) is 0. The van der Waals surface area contributed by atoms with Gasteiger partial charge in [-0.25, -0.2) is 4.39 Å². The normalized spacial score (nSPS) is 14.7. The van der Waals surface area contributed by atoms with Crippen LogP contribution in [0, 0.1) is 5.82 Å². The quantitative estimate of drug-likeness (QED) is 0.796. The number of nitrogens with one attached hydrogen (secondary N) is 1. The van der Waals surface area contributed by atoms with Crippen molar-refractivity contribution in [3.05, 3.63) is 41.8 Å². The molecule has 1 aliphatic carbocycles. The molecular weight excluding hydrogens is 277 g/mol. The minimum Gasteiger partial charge on any atom is -0.339 e. The Morgan fingerprint density at radius 3 is 3.10 bits per heavy atom. The van der Waals surface area contributed by atoms with Crippen molar-refractivity contribution in [1.82, 2.24) is 15.5 Å². The average Bonchev–Trinajstić information content (AvgIpc) is 3.15. The van der Waals surface area contributed by atoms with Crippen LogP contribution in [0.1, 0.15) is 24.6 Å². The molecule has 2 aromatic rings. The Hall–Kier alpha value is -1.40. The summed E-state index contributed by atoms with van der Waals surface area (Å²) in [5, 5.41) is 7.34. The Bertz CT molecular complexity index is 571. The molecule has 1 aromatic heterocycles. The summed E-state index contributed by atoms with van der Waals surface area (Å²) < 4.78 is 18.2. The van der Waals surface area contributed by atoms with Crippen LogP contribution in [0.4, 0.5) is 4.39 Å². The molecule has 0 spiro atoms. The highest BCUT2D eigenvalue weighted by Crippen LogP contribution is 2.22. The van der Waals surface area contributed by atoms with E-state index in [0.29, 0.717) is 23.5 Å². The number of hydrogen-bond donors (Lipinski definition) is 1. The number of nitrogens with zero attached hydrogens (tertiary/aromatic N) is 2. The van der Waals surface area contributed by atoms with E-state index < -0.39 is 0 Å². The van der Waals surface area contributed by atoms with Gasteiger partial charge in [-0.15, -0.1) is 11.8 Å². The fraction of sp³-hybridized carbons (Fsp3) is 0.429. The molecule has 0 bridgehead atoms. The molecule has 1 aromatic carbocycles. The third-order valence-electron chi connectivity index (χ3n) is 3.02. The van der Waals surface area contributed by atoms with Crippen molar-refractivity contribution in [3.63, 3.8) is 0 Å². The molecule has 1 fully saturated rings. The summed E-state index contributed by atoms with van der Waals surface area (Å²) >= 11 is 1.50. The summed E-state index contributed by atoms with van der Waals surface area (Å²) in [6.45, 7) is 0.878. The Labute approximate surface area is 121 Å². The predicted octanol–water partition coefficient (Wildman–Crippen LogP) is 2.80. The lowest BCUT2D eigenvalue weighted by Crippen LogP contribution is -2.19. The lowest BCUT2D eigenvalue weighted by molar-refractivity contribution is 0.372. The summed E-state index contributed by atoms with van der Waals surface area (Å²) in [6, 6.07) is 7.20. The minimum atomic E-state index is -0.227. The van der Waals surface area contributed by atoms with Gasteiger partial charge in [-0.3, -0.25) is 0 Å². The Morgan fingerprint density at radius 2 is 2.30 bits per heavy atom. The number of aromatic nitrogens is 2. The van der Waals surface area contributed by atoms with Gasteiger partial charge in [-0.1, -0.05) is 11.2 Å². The maximum Gasteiger partial charge on any atom is 0.227 e. The van der Waals surface area contributed by atoms with Gasteiger partial charge in [0.05, 0.1) is 5.75 Å². The van der Waals surface area contributed by atoms with E-state index in [2.05, 4.69) is 15.5 Å². The summed E-state index contributed by atoms with van der Waals surface area (Å²) in [5.74, 6) is 1.67. The first-order valence-corrected chi connectivity index (χ1v) is 7.71. The second kappa shape index (κ2) is 6.37. The molecule has 1 saturated carbocycles. The molecule has 4 nitrogen and oxygen atoms in total. The molecule has 0 amide bonds. The topological polar surface area (TPSA) is 51.0 Å². The Morgan fingerprint density at radius 1 is 1.40 bits per heavy atom. The fourth-order valence-electron chi connectivity index (χ4n) is 1.83. The first kappa shape index (κ1) is 13.6. The van der Waals surface area contributed by atoms with Crippen LogP contribution >= 0.6 is 11.8 Å². The van der Waals surface area contributed by atoms with Crippen molar-refractivity contribution >= 4 is 11.8 Å². The SMILES string of the molecule is Fc1cccc(SCc2noc(CCNC3CC3)n2)c1. The number of benzene rings is 1. The minimum absolute atomic E-state index is 0.227. The monoisotopic (exact) mass is 293 g/mol. The van der Waals surface area contributed by atoms with Crippen molar-refractivity contribution in [2.75, 3.05) is 6.54 Å². The third-order valence-corrected chi connectivity index (χ3v) is 4.01. The van der Waals surface area contributed by atoms with Gasteiger partial charge in [0.2, 0.25) is 5.89 Å². The molecule has 0 aliphatic heterocycles. The molecule has 0 radical (unpaired) electrons. The van der Waals surface area contributed by atoms with E-state index in [9.17, 15) is 4.39 Å². The Kier molecular flexibility index (Phi) is 4.32. The van der Waals surface area contributed by atoms with Crippen LogP contribution < -0.4 is 5.32 Å². The summed E-state index contributed by atoms with van der Waals surface area (Å²) in [4.78, 5) is 5.20. The summed E-state index contributed by atoms with van der Waals surface area (Å²) in [5.41, 5.74) is 0. The summed E-state index contributed by atoms with van der Waals surface area (Å²) in [6.07, 6.45) is 3.31. The van der Waals surface area contributed by atoms with Gasteiger partial charge >= 0.3 is 0 Å². The largest absolute Gasteiger partial charge is 0.339 e. The predicted molar refractivity (Wildman–Crippen MR) is 75.0 cm³/mol. The first-order valence-electron chi connectivity index (χ1n) is 6.73. The molecule has 1 heterocycles. The van der Waals surface area contributed by atoms with Gasteiger partial charge in [0, 0.05) is 23.9 Å². The average molecular weight is 293 g/mol. The van der Waals surface area contributed by atoms with E-state index in [1.165, 1.54) is 36.7 Å². The van der Waals surface area contributed by atoms with Gasteiger partial charge in [-0.05, 0) is 31.0 Å². The molecule has 106 valence electrons. The van der Waals surface area contributed by atoms with Crippen LogP contribution in [0.15, 0.2) is 33.7 Å². The van der Waals surface area contributed by atoms with Crippen molar-refractivity contribution in [3.8, 4) is 0 Å². The van der Waals surface area contributed by atoms with Crippen LogP contribution in [-0.4, -0.2) is 22.7 Å². The van der Waals surface area contributed by atoms with Crippen LogP contribution in [0.25, 0.3) is 0 Å². The molecule has 20 heavy (non-hydrogen) atoms. The smallest absolute Gasteiger partial charge is 0.227 e. The third kappa shape index (κ3) is 4.05. The van der Waals surface area contributed by atoms with Gasteiger partial charge < -0.3 is 9.84 Å². The van der Waals surface area contributed by atoms with Gasteiger partial charge in [0.1, 0.15) is 5.82 Å². The van der Waals surface area contributed by atoms with E-state index in [1.807, 2.05) is 6.07 Å². The van der Waals surface area contributed by atoms with E-state index in [4.69, 9.17) is 4.52 Å². The molecule has 6 heteroatoms. The molecule has 1 N–H and O–H groups in total. The highest BCUT2D eigenvalue weighted by atomic mass is 32.2. The fourth-order valence-corrected chi connectivity index (χ4v) is 2.61. The van der Waals surface area contributed by atoms with Crippen LogP contribution in [0.5, 0.6) is 0 Å². The Balaban J connectivity index is 1.46. The lowest BCUT2D eigenvalue weighted by atomic mass is 10.4. The molecule has 0 atom stereocenters. The maximum absolute atomic E-state index is 13.0. The lowest BCUT2D eigenvalue weighted by Gasteiger charge is -1.98. The number of hydrogen-bond acceptors (Lipinski definition) is 5. The zero-order valence-corrected chi connectivity index (χ0v) is 11.8. The molecule has 0 unspecified atom stereocenters. The van der Waals surface area contributed by atoms with Crippen LogP contribution in [-0.2, 0) is 12.2 Å². The van der Waals surface area contributed by atoms with E-state index in [1.54, 1.807) is 6.07 Å². The van der Waals surface area contributed by atoms with E-state index >= 15 is 0 Å². The van der Waals surface area contributed by atoms with Crippen molar-refractivity contribution in [2.45, 2.75) is 36.0 Å². The zero-order chi connectivity index (χ0) is 13.8. The number of thioether (sulfide) groups is 1. The van der Waals surface area contributed by atoms with Crippen molar-refractivity contribution in [2.24, 2.45) is 0 Å². The highest BCUT2D eigenvalue weighted by Gasteiger charge is 2.20. The van der Waals surface area contributed by atoms with Gasteiger partial charge in [-0.2, -0.15) is 4.98 Å². The van der Waals surface area contributed by atoms with E-state index in [-0.39, 0.29) is 5.82 Å². The second-order valence-electron chi connectivity index (χ2n) is 4.83. The molecule has 3 rings (SSSR count).